The SMILES string of the molecule is CC(=O)N[C@H]1[C@H](O[C@H]2[C@H](O)[C@@H](NC(C)=O)C(O)O[C@@H]2CO)O[C@H](CO)[C@@H](O[C@@H]2O[C@H](CO[C@H]3O[C@H](CO[C@@H]4O[C@H](CO)[C@@H](O[C@@H]5O[C@H](CO)[C@H](O)[C@H](O)[C@H]5O)[C@H](O)[C@H]4NC(C)=O)[C@@H](O)[C@H](O)[C@@H]3O[C@@H]3O[C@H](CO)[C@@H](O[C@@H]4O[C@H](CO)[C@H](O)[C@H](O)[C@H]4O)[C@H](O)[C@H]3NC(C)=O)[C@@H](O)[C@H](O[C@H]3O[C@H](CO)[C@@H](O)[C@H](O)[C@@H]3O)[C@@H]2O)[C@@H]1O. The third-order valence-corrected chi connectivity index (χ3v) is 20.3. The Morgan fingerprint density at radius 3 is 0.848 bits per heavy atom. The molecule has 9 heterocycles. The molecule has 9 saturated heterocycles. The van der Waals surface area contributed by atoms with Crippen LogP contribution in [0.15, 0.2) is 0 Å². The van der Waals surface area contributed by atoms with Gasteiger partial charge in [0, 0.05) is 27.7 Å². The molecule has 648 valence electrons. The number of hydrogen-bond donors (Lipinski definition) is 29. The molecule has 0 aliphatic carbocycles. The molecule has 1 unspecified atom stereocenters. The van der Waals surface area contributed by atoms with Gasteiger partial charge < -0.3 is 229 Å². The van der Waals surface area contributed by atoms with Crippen LogP contribution in [-0.2, 0) is 99.7 Å². The molecule has 9 fully saturated rings. The molecule has 45 atom stereocenters. The number of carbonyl (C=O) groups is 4. The summed E-state index contributed by atoms with van der Waals surface area (Å²) in [6, 6.07) is -7.28. The normalized spacial score (nSPS) is 48.9. The van der Waals surface area contributed by atoms with Gasteiger partial charge in [-0.25, -0.2) is 0 Å². The van der Waals surface area contributed by atoms with Crippen molar-refractivity contribution in [3.05, 3.63) is 0 Å². The summed E-state index contributed by atoms with van der Waals surface area (Å²) in [4.78, 5) is 50.8. The molecule has 9 aliphatic rings. The molecule has 0 bridgehead atoms. The topological polar surface area (TPSA) is 779 Å². The van der Waals surface area contributed by atoms with Crippen molar-refractivity contribution in [1.82, 2.24) is 21.3 Å². The summed E-state index contributed by atoms with van der Waals surface area (Å²) in [5.74, 6) is -3.56. The van der Waals surface area contributed by atoms with Gasteiger partial charge in [0.2, 0.25) is 23.6 Å². The smallest absolute Gasteiger partial charge is 0.217 e. The Labute approximate surface area is 634 Å². The van der Waals surface area contributed by atoms with Crippen molar-refractivity contribution in [1.29, 1.82) is 0 Å². The van der Waals surface area contributed by atoms with Crippen molar-refractivity contribution in [2.75, 3.05) is 59.5 Å². The fraction of sp³-hybridized carbons (Fsp3) is 0.935. The Kier molecular flexibility index (Phi) is 33.1. The molecule has 50 heteroatoms. The van der Waals surface area contributed by atoms with Gasteiger partial charge in [-0.05, 0) is 0 Å². The van der Waals surface area contributed by atoms with Crippen LogP contribution in [0.3, 0.4) is 0 Å². The van der Waals surface area contributed by atoms with E-state index in [2.05, 4.69) is 21.3 Å². The molecule has 4 amide bonds. The number of carbonyl (C=O) groups excluding carboxylic acids is 4. The summed E-state index contributed by atoms with van der Waals surface area (Å²) in [7, 11) is 0. The average Bonchev–Trinajstić information content (AvgIpc) is 0.765. The van der Waals surface area contributed by atoms with E-state index in [0.717, 1.165) is 27.7 Å². The summed E-state index contributed by atoms with van der Waals surface area (Å²) in [5.41, 5.74) is 0. The average molecular weight is 1640 g/mol. The van der Waals surface area contributed by atoms with E-state index in [1.807, 2.05) is 0 Å². The first kappa shape index (κ1) is 92.1. The number of nitrogens with one attached hydrogen (secondary N) is 4. The number of hydrogen-bond acceptors (Lipinski definition) is 46. The minimum atomic E-state index is -2.47. The highest BCUT2D eigenvalue weighted by Gasteiger charge is 2.60. The highest BCUT2D eigenvalue weighted by atomic mass is 16.8. The van der Waals surface area contributed by atoms with Crippen LogP contribution in [0.5, 0.6) is 0 Å². The van der Waals surface area contributed by atoms with Crippen molar-refractivity contribution in [2.24, 2.45) is 0 Å². The molecule has 0 aromatic heterocycles. The van der Waals surface area contributed by atoms with Crippen LogP contribution >= 0.6 is 0 Å². The number of ether oxygens (including phenoxy) is 17. The van der Waals surface area contributed by atoms with Crippen LogP contribution in [-0.4, -0.2) is 487 Å². The number of rotatable bonds is 29. The Morgan fingerprint density at radius 1 is 0.232 bits per heavy atom. The first-order chi connectivity index (χ1) is 53.0. The number of aliphatic hydroxyl groups is 25. The van der Waals surface area contributed by atoms with Crippen molar-refractivity contribution in [3.63, 3.8) is 0 Å². The number of aliphatic hydroxyl groups excluding tert-OH is 25. The van der Waals surface area contributed by atoms with E-state index in [4.69, 9.17) is 80.5 Å². The minimum absolute atomic E-state index is 0.778. The van der Waals surface area contributed by atoms with E-state index < -0.39 is 359 Å². The fourth-order valence-electron chi connectivity index (χ4n) is 14.4. The largest absolute Gasteiger partial charge is 0.394 e. The second-order valence-electron chi connectivity index (χ2n) is 28.2. The van der Waals surface area contributed by atoms with Gasteiger partial charge >= 0.3 is 0 Å². The van der Waals surface area contributed by atoms with Crippen LogP contribution in [0, 0.1) is 0 Å². The molecular formula is C62H104N4O46. The van der Waals surface area contributed by atoms with E-state index in [0.29, 0.717) is 0 Å². The van der Waals surface area contributed by atoms with Crippen molar-refractivity contribution >= 4 is 23.6 Å². The lowest BCUT2D eigenvalue weighted by Gasteiger charge is -2.50. The molecule has 29 N–H and O–H groups in total. The summed E-state index contributed by atoms with van der Waals surface area (Å²) in [6.07, 6.45) is -84.1. The van der Waals surface area contributed by atoms with Gasteiger partial charge in [0.25, 0.3) is 0 Å². The van der Waals surface area contributed by atoms with E-state index in [9.17, 15) is 147 Å². The van der Waals surface area contributed by atoms with Crippen molar-refractivity contribution in [3.8, 4) is 0 Å². The first-order valence-corrected chi connectivity index (χ1v) is 35.6. The molecule has 0 radical (unpaired) electrons. The summed E-state index contributed by atoms with van der Waals surface area (Å²) in [5, 5.41) is 285. The van der Waals surface area contributed by atoms with Crippen LogP contribution in [0.4, 0.5) is 0 Å². The zero-order valence-electron chi connectivity index (χ0n) is 60.1. The molecule has 0 saturated carbocycles. The Hall–Kier alpha value is -3.80. The van der Waals surface area contributed by atoms with Gasteiger partial charge in [-0.3, -0.25) is 19.2 Å². The fourth-order valence-corrected chi connectivity index (χ4v) is 14.4. The Bertz CT molecular complexity index is 2970. The van der Waals surface area contributed by atoms with Crippen LogP contribution in [0.1, 0.15) is 27.7 Å². The zero-order valence-corrected chi connectivity index (χ0v) is 60.1. The molecule has 0 aromatic rings. The van der Waals surface area contributed by atoms with E-state index in [-0.39, 0.29) is 0 Å². The highest BCUT2D eigenvalue weighted by molar-refractivity contribution is 5.74. The van der Waals surface area contributed by atoms with Gasteiger partial charge in [-0.1, -0.05) is 0 Å². The van der Waals surface area contributed by atoms with Crippen LogP contribution in [0.2, 0.25) is 0 Å². The van der Waals surface area contributed by atoms with Crippen molar-refractivity contribution in [2.45, 2.75) is 304 Å². The minimum Gasteiger partial charge on any atom is -0.394 e. The summed E-state index contributed by atoms with van der Waals surface area (Å²) < 4.78 is 100. The molecule has 50 nitrogen and oxygen atoms in total. The predicted octanol–water partition coefficient (Wildman–Crippen LogP) is -20.1. The summed E-state index contributed by atoms with van der Waals surface area (Å²) >= 11 is 0. The lowest BCUT2D eigenvalue weighted by atomic mass is 9.94. The maximum Gasteiger partial charge on any atom is 0.217 e. The van der Waals surface area contributed by atoms with Crippen LogP contribution < -0.4 is 21.3 Å². The monoisotopic (exact) mass is 1640 g/mol. The van der Waals surface area contributed by atoms with Crippen LogP contribution in [0.25, 0.3) is 0 Å². The highest BCUT2D eigenvalue weighted by Crippen LogP contribution is 2.39. The van der Waals surface area contributed by atoms with Gasteiger partial charge in [0.15, 0.2) is 56.6 Å². The lowest BCUT2D eigenvalue weighted by molar-refractivity contribution is -0.390. The second kappa shape index (κ2) is 40.3. The predicted molar refractivity (Wildman–Crippen MR) is 343 cm³/mol. The first-order valence-electron chi connectivity index (χ1n) is 35.6. The Balaban J connectivity index is 1.04. The summed E-state index contributed by atoms with van der Waals surface area (Å²) in [6.45, 7) is -5.73. The van der Waals surface area contributed by atoms with E-state index in [1.165, 1.54) is 0 Å². The zero-order chi connectivity index (χ0) is 82.5. The maximum atomic E-state index is 13.0. The third-order valence-electron chi connectivity index (χ3n) is 20.3. The molecule has 0 spiro atoms. The van der Waals surface area contributed by atoms with Gasteiger partial charge in [-0.15, -0.1) is 0 Å². The lowest BCUT2D eigenvalue weighted by Crippen LogP contribution is -2.70. The standard InChI is InChI=1S/C62H104N4O46/c1-14(74)63-27-36(83)48(21(8-70)98-54(27)95)107-56-29(65-16(3)76)38(85)51(24(11-73)103-56)110-61-47(94)52(111-60-46(93)42(89)33(80)20(7-69)101-60)35(82)26(105-61)13-97-62-53(112-57-30(66-17(4)77)39(86)50(23(10-72)104-57)109-59-45(92)41(88)32(79)19(6-68)100-59)43(90)34(81)25(106-62)12-96-55-28(64-15(2)75)37(84)49(22(9-71)102-55)108-58-44(91)40(87)31(78)18(5-67)99-58/h18-62,67-73,78-95H,5-13H2,1-4H3,(H,63,74)(H,64,75)(H,65,76)(H,66,77)/t18-,19-,20-,21-,22-,23-,24-,25-,26-,27-,28-,29-,30-,31+,32+,33-,34-,35-,36-,37-,38-,39-,40+,41+,42+,43+,44-,45-,46+,47+,48-,49-,50-,51-,52+,53+,54?,55-,56+,57+,58+,59+,60-,61+,62+/m1/s1. The number of amides is 4. The van der Waals surface area contributed by atoms with Gasteiger partial charge in [-0.2, -0.15) is 0 Å². The van der Waals surface area contributed by atoms with Gasteiger partial charge in [0.05, 0.1) is 59.5 Å². The van der Waals surface area contributed by atoms with E-state index >= 15 is 0 Å². The van der Waals surface area contributed by atoms with Crippen molar-refractivity contribution < 1.29 is 227 Å². The molecule has 9 aliphatic heterocycles. The molecule has 9 rings (SSSR count). The second-order valence-corrected chi connectivity index (χ2v) is 28.2. The molecule has 112 heavy (non-hydrogen) atoms. The van der Waals surface area contributed by atoms with E-state index in [1.54, 1.807) is 0 Å². The quantitative estimate of drug-likeness (QED) is 0.0331. The molecule has 0 aromatic carbocycles. The molecular weight excluding hydrogens is 1540 g/mol. The third kappa shape index (κ3) is 20.4. The Morgan fingerprint density at radius 2 is 0.482 bits per heavy atom. The maximum absolute atomic E-state index is 13.0. The van der Waals surface area contributed by atoms with Gasteiger partial charge in [0.1, 0.15) is 219 Å².